The van der Waals surface area contributed by atoms with Crippen molar-refractivity contribution in [2.75, 3.05) is 10.2 Å². The minimum atomic E-state index is -0.140. The molecule has 0 bridgehead atoms. The summed E-state index contributed by atoms with van der Waals surface area (Å²) in [5.74, 6) is 0. The topological polar surface area (TPSA) is 28.4 Å². The number of fused-ring (bicyclic) bond motifs is 3. The number of rotatable bonds is 7. The molecule has 0 amide bonds. The molecule has 0 unspecified atom stereocenters. The van der Waals surface area contributed by atoms with E-state index in [2.05, 4.69) is 164 Å². The molecule has 50 heavy (non-hydrogen) atoms. The normalized spacial score (nSPS) is 11.6. The maximum atomic E-state index is 6.68. The SMILES string of the molecule is CC(C)(C)c1cc(Nc2c(-c3ccccc3)cccc2-c2ccccc2)cc(N(c2cccc(Cl)c2)c2cccc3c2oc2ccccc23)c1. The zero-order valence-corrected chi connectivity index (χ0v) is 29.1. The predicted octanol–water partition coefficient (Wildman–Crippen LogP) is 14.1. The van der Waals surface area contributed by atoms with E-state index in [1.165, 1.54) is 5.56 Å². The van der Waals surface area contributed by atoms with Gasteiger partial charge in [0.15, 0.2) is 5.58 Å². The van der Waals surface area contributed by atoms with Crippen molar-refractivity contribution in [1.82, 2.24) is 0 Å². The number of hydrogen-bond acceptors (Lipinski definition) is 3. The van der Waals surface area contributed by atoms with Crippen LogP contribution < -0.4 is 10.2 Å². The highest BCUT2D eigenvalue weighted by atomic mass is 35.5. The fourth-order valence-electron chi connectivity index (χ4n) is 6.74. The van der Waals surface area contributed by atoms with E-state index in [9.17, 15) is 0 Å². The number of furan rings is 1. The van der Waals surface area contributed by atoms with Gasteiger partial charge in [0.25, 0.3) is 0 Å². The second-order valence-corrected chi connectivity index (χ2v) is 14.1. The number of halogens is 1. The molecule has 0 aliphatic heterocycles. The molecule has 0 aliphatic carbocycles. The molecule has 0 radical (unpaired) electrons. The molecule has 1 heterocycles. The first-order valence-electron chi connectivity index (χ1n) is 17.0. The highest BCUT2D eigenvalue weighted by Gasteiger charge is 2.23. The van der Waals surface area contributed by atoms with Crippen molar-refractivity contribution in [3.8, 4) is 22.3 Å². The maximum Gasteiger partial charge on any atom is 0.159 e. The molecule has 0 fully saturated rings. The smallest absolute Gasteiger partial charge is 0.159 e. The Balaban J connectivity index is 1.36. The molecule has 0 saturated carbocycles. The van der Waals surface area contributed by atoms with Gasteiger partial charge in [0.2, 0.25) is 0 Å². The van der Waals surface area contributed by atoms with Crippen LogP contribution >= 0.6 is 11.6 Å². The van der Waals surface area contributed by atoms with E-state index < -0.39 is 0 Å². The van der Waals surface area contributed by atoms with Crippen LogP contribution in [0.2, 0.25) is 5.02 Å². The van der Waals surface area contributed by atoms with Crippen LogP contribution in [-0.2, 0) is 5.41 Å². The third-order valence-corrected chi connectivity index (χ3v) is 9.47. The molecule has 0 atom stereocenters. The van der Waals surface area contributed by atoms with Crippen molar-refractivity contribution >= 4 is 62.0 Å². The lowest BCUT2D eigenvalue weighted by atomic mass is 9.86. The summed E-state index contributed by atoms with van der Waals surface area (Å²) >= 11 is 6.68. The summed E-state index contributed by atoms with van der Waals surface area (Å²) in [4.78, 5) is 2.26. The predicted molar refractivity (Wildman–Crippen MR) is 213 cm³/mol. The minimum Gasteiger partial charge on any atom is -0.454 e. The quantitative estimate of drug-likeness (QED) is 0.183. The van der Waals surface area contributed by atoms with E-state index in [0.29, 0.717) is 5.02 Å². The lowest BCUT2D eigenvalue weighted by molar-refractivity contribution is 0.590. The van der Waals surface area contributed by atoms with E-state index >= 15 is 0 Å². The first-order chi connectivity index (χ1) is 24.3. The molecule has 0 aliphatic rings. The second kappa shape index (κ2) is 12.9. The Labute approximate surface area is 298 Å². The van der Waals surface area contributed by atoms with E-state index in [0.717, 1.165) is 72.6 Å². The first kappa shape index (κ1) is 31.5. The molecule has 244 valence electrons. The highest BCUT2D eigenvalue weighted by Crippen LogP contribution is 2.46. The molecule has 7 aromatic carbocycles. The standard InChI is InChI=1S/C46H37ClN2O/c1-46(2,3)33-27-35(48-44-38(31-15-6-4-7-16-31)22-13-23-39(44)32-17-8-5-9-18-32)30-37(28-33)49(36-20-12-19-34(47)29-36)42-25-14-24-41-40-21-10-11-26-43(40)50-45(41)42/h4-30,48H,1-3H3. The summed E-state index contributed by atoms with van der Waals surface area (Å²) in [6, 6.07) is 57.1. The van der Waals surface area contributed by atoms with Gasteiger partial charge in [0.1, 0.15) is 5.58 Å². The monoisotopic (exact) mass is 668 g/mol. The summed E-state index contributed by atoms with van der Waals surface area (Å²) < 4.78 is 6.60. The van der Waals surface area contributed by atoms with Gasteiger partial charge in [0.05, 0.1) is 11.4 Å². The minimum absolute atomic E-state index is 0.140. The van der Waals surface area contributed by atoms with Gasteiger partial charge in [-0.3, -0.25) is 0 Å². The van der Waals surface area contributed by atoms with Crippen LogP contribution in [0, 0.1) is 0 Å². The van der Waals surface area contributed by atoms with Crippen LogP contribution in [0.5, 0.6) is 0 Å². The maximum absolute atomic E-state index is 6.68. The van der Waals surface area contributed by atoms with Gasteiger partial charge in [-0.2, -0.15) is 0 Å². The highest BCUT2D eigenvalue weighted by molar-refractivity contribution is 6.31. The number of para-hydroxylation sites is 3. The van der Waals surface area contributed by atoms with Gasteiger partial charge in [-0.05, 0) is 70.6 Å². The summed E-state index contributed by atoms with van der Waals surface area (Å²) in [7, 11) is 0. The summed E-state index contributed by atoms with van der Waals surface area (Å²) in [5.41, 5.74) is 12.2. The van der Waals surface area contributed by atoms with Gasteiger partial charge < -0.3 is 14.6 Å². The van der Waals surface area contributed by atoms with Gasteiger partial charge >= 0.3 is 0 Å². The molecule has 8 aromatic rings. The molecule has 1 aromatic heterocycles. The summed E-state index contributed by atoms with van der Waals surface area (Å²) in [6.07, 6.45) is 0. The summed E-state index contributed by atoms with van der Waals surface area (Å²) in [6.45, 7) is 6.77. The fourth-order valence-corrected chi connectivity index (χ4v) is 6.93. The van der Waals surface area contributed by atoms with Crippen molar-refractivity contribution in [3.63, 3.8) is 0 Å². The number of anilines is 5. The zero-order chi connectivity index (χ0) is 34.2. The summed E-state index contributed by atoms with van der Waals surface area (Å²) in [5, 5.41) is 6.77. The fraction of sp³-hybridized carbons (Fsp3) is 0.0870. The largest absolute Gasteiger partial charge is 0.454 e. The van der Waals surface area contributed by atoms with Gasteiger partial charge in [-0.25, -0.2) is 0 Å². The molecule has 0 spiro atoms. The zero-order valence-electron chi connectivity index (χ0n) is 28.3. The molecule has 1 N–H and O–H groups in total. The molecule has 3 nitrogen and oxygen atoms in total. The van der Waals surface area contributed by atoms with Gasteiger partial charge in [-0.15, -0.1) is 0 Å². The number of hydrogen-bond donors (Lipinski definition) is 1. The van der Waals surface area contributed by atoms with E-state index in [4.69, 9.17) is 16.0 Å². The van der Waals surface area contributed by atoms with E-state index in [1.807, 2.05) is 30.3 Å². The number of benzene rings is 7. The van der Waals surface area contributed by atoms with E-state index in [1.54, 1.807) is 0 Å². The van der Waals surface area contributed by atoms with Gasteiger partial charge in [-0.1, -0.05) is 148 Å². The average molecular weight is 669 g/mol. The molecule has 4 heteroatoms. The lowest BCUT2D eigenvalue weighted by Gasteiger charge is -2.29. The Morgan fingerprint density at radius 1 is 0.560 bits per heavy atom. The van der Waals surface area contributed by atoms with Crippen LogP contribution in [0.3, 0.4) is 0 Å². The Morgan fingerprint density at radius 2 is 1.18 bits per heavy atom. The third-order valence-electron chi connectivity index (χ3n) is 9.24. The Morgan fingerprint density at radius 3 is 1.86 bits per heavy atom. The molecule has 8 rings (SSSR count). The molecular weight excluding hydrogens is 632 g/mol. The number of nitrogens with zero attached hydrogens (tertiary/aromatic N) is 1. The van der Waals surface area contributed by atoms with Crippen LogP contribution in [0.15, 0.2) is 168 Å². The Bertz CT molecular complexity index is 2400. The van der Waals surface area contributed by atoms with Gasteiger partial charge in [0, 0.05) is 44.0 Å². The molecule has 0 saturated heterocycles. The van der Waals surface area contributed by atoms with Crippen molar-refractivity contribution in [2.24, 2.45) is 0 Å². The van der Waals surface area contributed by atoms with Crippen molar-refractivity contribution in [3.05, 3.63) is 174 Å². The number of nitrogens with one attached hydrogen (secondary N) is 1. The van der Waals surface area contributed by atoms with Crippen LogP contribution in [0.4, 0.5) is 28.4 Å². The van der Waals surface area contributed by atoms with Crippen LogP contribution in [0.25, 0.3) is 44.2 Å². The Kier molecular flexibility index (Phi) is 8.14. The van der Waals surface area contributed by atoms with Crippen LogP contribution in [-0.4, -0.2) is 0 Å². The van der Waals surface area contributed by atoms with Crippen molar-refractivity contribution < 1.29 is 4.42 Å². The Hall–Kier alpha value is -5.77. The average Bonchev–Trinajstić information content (AvgIpc) is 3.52. The third kappa shape index (κ3) is 6.02. The van der Waals surface area contributed by atoms with E-state index in [-0.39, 0.29) is 5.41 Å². The second-order valence-electron chi connectivity index (χ2n) is 13.7. The molecular formula is C46H37ClN2O. The van der Waals surface area contributed by atoms with Crippen molar-refractivity contribution in [1.29, 1.82) is 0 Å². The van der Waals surface area contributed by atoms with Crippen molar-refractivity contribution in [2.45, 2.75) is 26.2 Å². The lowest BCUT2D eigenvalue weighted by Crippen LogP contribution is -2.15. The van der Waals surface area contributed by atoms with Crippen LogP contribution in [0.1, 0.15) is 26.3 Å². The first-order valence-corrected chi connectivity index (χ1v) is 17.3.